The van der Waals surface area contributed by atoms with Gasteiger partial charge in [0.1, 0.15) is 27.8 Å². The molecule has 0 aliphatic carbocycles. The normalized spacial score (nSPS) is 11.9. The standard InChI is InChI=1S/C18H16N2O5S/c1-2-25-13-8-9-15(17(11-13)26(22,23)24)19-20-18-14-6-4-3-5-12(14)7-10-16(18)21/h3-11,21H,2H2,1H3,(H,22,23,24). The molecule has 134 valence electrons. The number of phenols is 1. The summed E-state index contributed by atoms with van der Waals surface area (Å²) in [4.78, 5) is -0.424. The number of hydrogen-bond acceptors (Lipinski definition) is 6. The van der Waals surface area contributed by atoms with Crippen LogP contribution in [0.1, 0.15) is 6.92 Å². The van der Waals surface area contributed by atoms with E-state index in [1.807, 2.05) is 12.1 Å². The maximum absolute atomic E-state index is 11.6. The topological polar surface area (TPSA) is 109 Å². The molecule has 0 radical (unpaired) electrons. The molecule has 8 heteroatoms. The average Bonchev–Trinajstić information content (AvgIpc) is 2.61. The van der Waals surface area contributed by atoms with Gasteiger partial charge in [-0.1, -0.05) is 30.3 Å². The Morgan fingerprint density at radius 3 is 2.54 bits per heavy atom. The fraction of sp³-hybridized carbons (Fsp3) is 0.111. The largest absolute Gasteiger partial charge is 0.506 e. The fourth-order valence-electron chi connectivity index (χ4n) is 2.49. The van der Waals surface area contributed by atoms with E-state index in [9.17, 15) is 18.1 Å². The summed E-state index contributed by atoms with van der Waals surface area (Å²) in [5.74, 6) is 0.193. The third-order valence-corrected chi connectivity index (χ3v) is 4.54. The van der Waals surface area contributed by atoms with E-state index < -0.39 is 15.0 Å². The zero-order valence-electron chi connectivity index (χ0n) is 13.8. The number of hydrogen-bond donors (Lipinski definition) is 2. The van der Waals surface area contributed by atoms with Crippen LogP contribution in [0.4, 0.5) is 11.4 Å². The third-order valence-electron chi connectivity index (χ3n) is 3.66. The zero-order chi connectivity index (χ0) is 18.7. The van der Waals surface area contributed by atoms with Gasteiger partial charge in [-0.15, -0.1) is 10.2 Å². The Morgan fingerprint density at radius 1 is 1.04 bits per heavy atom. The molecule has 0 heterocycles. The number of phenolic OH excluding ortho intramolecular Hbond substituents is 1. The maximum atomic E-state index is 11.6. The summed E-state index contributed by atoms with van der Waals surface area (Å²) in [5.41, 5.74) is 0.140. The van der Waals surface area contributed by atoms with Crippen molar-refractivity contribution in [3.8, 4) is 11.5 Å². The highest BCUT2D eigenvalue weighted by atomic mass is 32.2. The molecule has 0 unspecified atom stereocenters. The first-order valence-electron chi connectivity index (χ1n) is 7.77. The summed E-state index contributed by atoms with van der Waals surface area (Å²) < 4.78 is 38.0. The number of azo groups is 1. The Balaban J connectivity index is 2.11. The molecule has 3 rings (SSSR count). The number of ether oxygens (including phenoxy) is 1. The quantitative estimate of drug-likeness (QED) is 0.502. The third kappa shape index (κ3) is 3.66. The smallest absolute Gasteiger partial charge is 0.296 e. The predicted molar refractivity (Wildman–Crippen MR) is 97.2 cm³/mol. The van der Waals surface area contributed by atoms with E-state index >= 15 is 0 Å². The van der Waals surface area contributed by atoms with Crippen molar-refractivity contribution >= 4 is 32.3 Å². The number of benzene rings is 3. The minimum absolute atomic E-state index is 0.0664. The van der Waals surface area contributed by atoms with E-state index in [0.717, 1.165) is 5.39 Å². The number of rotatable bonds is 5. The van der Waals surface area contributed by atoms with Gasteiger partial charge in [-0.05, 0) is 30.5 Å². The number of nitrogens with zero attached hydrogens (tertiary/aromatic N) is 2. The minimum atomic E-state index is -4.53. The molecule has 0 amide bonds. The van der Waals surface area contributed by atoms with Crippen molar-refractivity contribution in [3.05, 3.63) is 54.6 Å². The lowest BCUT2D eigenvalue weighted by molar-refractivity contribution is 0.339. The lowest BCUT2D eigenvalue weighted by atomic mass is 10.1. The van der Waals surface area contributed by atoms with Crippen molar-refractivity contribution in [2.75, 3.05) is 6.61 Å². The lowest BCUT2D eigenvalue weighted by Gasteiger charge is -2.07. The Bertz CT molecular complexity index is 1090. The van der Waals surface area contributed by atoms with Crippen LogP contribution in [0.2, 0.25) is 0 Å². The Labute approximate surface area is 150 Å². The molecule has 7 nitrogen and oxygen atoms in total. The van der Waals surface area contributed by atoms with E-state index in [1.165, 1.54) is 24.3 Å². The molecule has 0 aliphatic heterocycles. The summed E-state index contributed by atoms with van der Waals surface area (Å²) in [6.45, 7) is 2.10. The molecular weight excluding hydrogens is 356 g/mol. The van der Waals surface area contributed by atoms with Crippen molar-refractivity contribution in [2.24, 2.45) is 10.2 Å². The van der Waals surface area contributed by atoms with Crippen LogP contribution < -0.4 is 4.74 Å². The van der Waals surface area contributed by atoms with Gasteiger partial charge in [0.25, 0.3) is 10.1 Å². The SMILES string of the molecule is CCOc1ccc(N=Nc2c(O)ccc3ccccc23)c(S(=O)(=O)O)c1. The van der Waals surface area contributed by atoms with Crippen LogP contribution in [-0.4, -0.2) is 24.7 Å². The minimum Gasteiger partial charge on any atom is -0.506 e. The van der Waals surface area contributed by atoms with Crippen LogP contribution in [0, 0.1) is 0 Å². The van der Waals surface area contributed by atoms with E-state index in [4.69, 9.17) is 4.74 Å². The molecule has 2 N–H and O–H groups in total. The molecule has 0 fully saturated rings. The van der Waals surface area contributed by atoms with Gasteiger partial charge < -0.3 is 9.84 Å². The highest BCUT2D eigenvalue weighted by Gasteiger charge is 2.17. The monoisotopic (exact) mass is 372 g/mol. The van der Waals surface area contributed by atoms with Crippen LogP contribution in [0.5, 0.6) is 11.5 Å². The predicted octanol–water partition coefficient (Wildman–Crippen LogP) is 4.61. The van der Waals surface area contributed by atoms with Crippen molar-refractivity contribution in [1.82, 2.24) is 0 Å². The van der Waals surface area contributed by atoms with Gasteiger partial charge in [0.05, 0.1) is 6.61 Å². The first-order chi connectivity index (χ1) is 12.4. The van der Waals surface area contributed by atoms with Crippen LogP contribution >= 0.6 is 0 Å². The molecule has 0 bridgehead atoms. The van der Waals surface area contributed by atoms with Crippen molar-refractivity contribution in [2.45, 2.75) is 11.8 Å². The number of aromatic hydroxyl groups is 1. The van der Waals surface area contributed by atoms with Gasteiger partial charge in [0.2, 0.25) is 0 Å². The van der Waals surface area contributed by atoms with Crippen LogP contribution in [0.3, 0.4) is 0 Å². The molecule has 0 atom stereocenters. The molecule has 0 aromatic heterocycles. The number of fused-ring (bicyclic) bond motifs is 1. The van der Waals surface area contributed by atoms with E-state index in [2.05, 4.69) is 10.2 Å². The first kappa shape index (κ1) is 17.8. The summed E-state index contributed by atoms with van der Waals surface area (Å²) in [6, 6.07) is 14.6. The van der Waals surface area contributed by atoms with Gasteiger partial charge in [-0.2, -0.15) is 8.42 Å². The van der Waals surface area contributed by atoms with Gasteiger partial charge in [-0.3, -0.25) is 4.55 Å². The first-order valence-corrected chi connectivity index (χ1v) is 9.21. The van der Waals surface area contributed by atoms with E-state index in [-0.39, 0.29) is 22.9 Å². The molecule has 3 aromatic carbocycles. The zero-order valence-corrected chi connectivity index (χ0v) is 14.6. The van der Waals surface area contributed by atoms with Gasteiger partial charge in [0.15, 0.2) is 0 Å². The summed E-state index contributed by atoms with van der Waals surface area (Å²) in [6.07, 6.45) is 0. The Hall–Kier alpha value is -2.97. The van der Waals surface area contributed by atoms with Gasteiger partial charge in [-0.25, -0.2) is 0 Å². The second kappa shape index (κ2) is 7.11. The molecule has 26 heavy (non-hydrogen) atoms. The van der Waals surface area contributed by atoms with Gasteiger partial charge >= 0.3 is 0 Å². The van der Waals surface area contributed by atoms with Crippen molar-refractivity contribution in [3.63, 3.8) is 0 Å². The lowest BCUT2D eigenvalue weighted by Crippen LogP contribution is -2.00. The molecule has 0 saturated carbocycles. The summed E-state index contributed by atoms with van der Waals surface area (Å²) in [7, 11) is -4.53. The molecular formula is C18H16N2O5S. The van der Waals surface area contributed by atoms with Crippen LogP contribution in [0.25, 0.3) is 10.8 Å². The van der Waals surface area contributed by atoms with Crippen molar-refractivity contribution in [1.29, 1.82) is 0 Å². The molecule has 3 aromatic rings. The Kier molecular flexibility index (Phi) is 4.88. The highest BCUT2D eigenvalue weighted by Crippen LogP contribution is 2.37. The van der Waals surface area contributed by atoms with Gasteiger partial charge in [0, 0.05) is 11.5 Å². The maximum Gasteiger partial charge on any atom is 0.296 e. The highest BCUT2D eigenvalue weighted by molar-refractivity contribution is 7.86. The van der Waals surface area contributed by atoms with Crippen molar-refractivity contribution < 1.29 is 22.8 Å². The molecule has 0 saturated heterocycles. The summed E-state index contributed by atoms with van der Waals surface area (Å²) in [5, 5.41) is 19.5. The van der Waals surface area contributed by atoms with E-state index in [1.54, 1.807) is 25.1 Å². The molecule has 0 spiro atoms. The van der Waals surface area contributed by atoms with Crippen LogP contribution in [-0.2, 0) is 10.1 Å². The van der Waals surface area contributed by atoms with Crippen LogP contribution in [0.15, 0.2) is 69.7 Å². The Morgan fingerprint density at radius 2 is 1.81 bits per heavy atom. The molecule has 0 aliphatic rings. The fourth-order valence-corrected chi connectivity index (χ4v) is 3.13. The summed E-state index contributed by atoms with van der Waals surface area (Å²) >= 11 is 0. The average molecular weight is 372 g/mol. The second-order valence-electron chi connectivity index (χ2n) is 5.39. The van der Waals surface area contributed by atoms with E-state index in [0.29, 0.717) is 12.0 Å². The second-order valence-corrected chi connectivity index (χ2v) is 6.78.